The van der Waals surface area contributed by atoms with Crippen LogP contribution in [-0.2, 0) is 0 Å². The number of benzene rings is 1. The van der Waals surface area contributed by atoms with Crippen molar-refractivity contribution >= 4 is 28.4 Å². The van der Waals surface area contributed by atoms with E-state index in [1.807, 2.05) is 0 Å². The summed E-state index contributed by atoms with van der Waals surface area (Å²) in [4.78, 5) is 26.0. The highest BCUT2D eigenvalue weighted by atomic mass is 19.1. The summed E-state index contributed by atoms with van der Waals surface area (Å²) in [5.74, 6) is -2.37. The van der Waals surface area contributed by atoms with E-state index in [0.29, 0.717) is 34.2 Å². The van der Waals surface area contributed by atoms with Gasteiger partial charge in [-0.15, -0.1) is 0 Å². The minimum absolute atomic E-state index is 0.0460. The molecule has 7 nitrogen and oxygen atoms in total. The third-order valence-corrected chi connectivity index (χ3v) is 5.56. The van der Waals surface area contributed by atoms with Gasteiger partial charge in [0.25, 0.3) is 5.91 Å². The minimum atomic E-state index is -0.913. The molecule has 5 heterocycles. The third kappa shape index (κ3) is 3.43. The van der Waals surface area contributed by atoms with Gasteiger partial charge in [-0.1, -0.05) is 0 Å². The Hall–Kier alpha value is -4.86. The second kappa shape index (κ2) is 7.87. The summed E-state index contributed by atoms with van der Waals surface area (Å²) in [5.41, 5.74) is 1.34. The van der Waals surface area contributed by atoms with Gasteiger partial charge in [-0.3, -0.25) is 9.69 Å². The molecule has 3 aromatic heterocycles. The SMILES string of the molecule is O=C(Nc1ccc(F)cc1F)c1cccnc1N1C2=CC(F)=C(Oc3ccnc4[nH]ccc34)C1=C2. The Morgan fingerprint density at radius 2 is 1.91 bits per heavy atom. The molecule has 1 amide bonds. The first-order valence-corrected chi connectivity index (χ1v) is 10.4. The fraction of sp³-hybridized carbons (Fsp3) is 0. The van der Waals surface area contributed by atoms with E-state index in [-0.39, 0.29) is 22.8 Å². The third-order valence-electron chi connectivity index (χ3n) is 5.56. The van der Waals surface area contributed by atoms with Gasteiger partial charge in [0, 0.05) is 30.7 Å². The molecule has 0 saturated heterocycles. The van der Waals surface area contributed by atoms with Crippen LogP contribution in [0.4, 0.5) is 24.7 Å². The standard InChI is InChI=1S/C25H14F3N5O2/c26-13-3-4-19(17(27)10-13)32-25(34)16-2-1-7-31-24(16)33-14-11-18(28)22(20(33)12-14)35-21-6-9-30-23-15(21)5-8-29-23/h1-12H,(H,29,30)(H,32,34). The number of aromatic nitrogens is 3. The molecular formula is C25H14F3N5O2. The zero-order valence-corrected chi connectivity index (χ0v) is 17.7. The number of hydrogen-bond acceptors (Lipinski definition) is 5. The lowest BCUT2D eigenvalue weighted by atomic mass is 10.0. The zero-order valence-electron chi connectivity index (χ0n) is 17.7. The first-order valence-electron chi connectivity index (χ1n) is 10.4. The summed E-state index contributed by atoms with van der Waals surface area (Å²) in [6.07, 6.45) is 7.69. The summed E-state index contributed by atoms with van der Waals surface area (Å²) in [6, 6.07) is 9.27. The quantitative estimate of drug-likeness (QED) is 0.408. The first kappa shape index (κ1) is 20.7. The van der Waals surface area contributed by atoms with Crippen LogP contribution in [0.1, 0.15) is 10.4 Å². The van der Waals surface area contributed by atoms with E-state index in [0.717, 1.165) is 12.1 Å². The summed E-state index contributed by atoms with van der Waals surface area (Å²) in [5, 5.41) is 3.10. The molecule has 0 saturated carbocycles. The number of H-pyrrole nitrogens is 1. The van der Waals surface area contributed by atoms with Crippen molar-refractivity contribution in [2.45, 2.75) is 0 Å². The van der Waals surface area contributed by atoms with Gasteiger partial charge in [-0.05, 0) is 42.5 Å². The van der Waals surface area contributed by atoms with Gasteiger partial charge in [0.15, 0.2) is 17.4 Å². The van der Waals surface area contributed by atoms with Crippen molar-refractivity contribution in [2.75, 3.05) is 10.2 Å². The van der Waals surface area contributed by atoms with Crippen LogP contribution in [0.2, 0.25) is 0 Å². The predicted octanol–water partition coefficient (Wildman–Crippen LogP) is 5.35. The van der Waals surface area contributed by atoms with Crippen molar-refractivity contribution in [3.63, 3.8) is 0 Å². The number of halogens is 3. The molecule has 10 heteroatoms. The van der Waals surface area contributed by atoms with Crippen molar-refractivity contribution in [1.82, 2.24) is 15.0 Å². The number of rotatable bonds is 5. The van der Waals surface area contributed by atoms with Crippen LogP contribution in [0.25, 0.3) is 11.0 Å². The fourth-order valence-electron chi connectivity index (χ4n) is 3.94. The van der Waals surface area contributed by atoms with Crippen molar-refractivity contribution in [1.29, 1.82) is 0 Å². The molecule has 4 aromatic rings. The fourth-order valence-corrected chi connectivity index (χ4v) is 3.94. The Labute approximate surface area is 195 Å². The molecule has 35 heavy (non-hydrogen) atoms. The number of fused-ring (bicyclic) bond motifs is 3. The van der Waals surface area contributed by atoms with E-state index >= 15 is 0 Å². The molecule has 6 rings (SSSR count). The second-order valence-corrected chi connectivity index (χ2v) is 7.72. The minimum Gasteiger partial charge on any atom is -0.451 e. The van der Waals surface area contributed by atoms with Gasteiger partial charge < -0.3 is 15.0 Å². The average molecular weight is 473 g/mol. The number of hydrogen-bond donors (Lipinski definition) is 2. The number of aromatic amines is 1. The van der Waals surface area contributed by atoms with Crippen molar-refractivity contribution in [3.05, 3.63) is 113 Å². The van der Waals surface area contributed by atoms with E-state index in [4.69, 9.17) is 4.74 Å². The topological polar surface area (TPSA) is 83.1 Å². The number of pyridine rings is 2. The second-order valence-electron chi connectivity index (χ2n) is 7.72. The van der Waals surface area contributed by atoms with Gasteiger partial charge in [0.2, 0.25) is 0 Å². The molecule has 0 unspecified atom stereocenters. The number of carbonyl (C=O) groups excluding carboxylic acids is 1. The van der Waals surface area contributed by atoms with E-state index in [2.05, 4.69) is 20.3 Å². The maximum Gasteiger partial charge on any atom is 0.259 e. The Morgan fingerprint density at radius 1 is 1.03 bits per heavy atom. The Balaban J connectivity index is 1.32. The molecule has 2 bridgehead atoms. The van der Waals surface area contributed by atoms with Crippen LogP contribution >= 0.6 is 0 Å². The highest BCUT2D eigenvalue weighted by molar-refractivity contribution is 6.08. The highest BCUT2D eigenvalue weighted by Gasteiger charge is 2.38. The molecule has 1 aromatic carbocycles. The maximum absolute atomic E-state index is 14.9. The molecule has 0 fully saturated rings. The van der Waals surface area contributed by atoms with Crippen LogP contribution in [0.5, 0.6) is 5.75 Å². The van der Waals surface area contributed by atoms with Gasteiger partial charge >= 0.3 is 0 Å². The molecule has 0 atom stereocenters. The number of allylic oxidation sites excluding steroid dienone is 3. The zero-order chi connectivity index (χ0) is 24.1. The lowest BCUT2D eigenvalue weighted by Gasteiger charge is -2.39. The Morgan fingerprint density at radius 3 is 2.77 bits per heavy atom. The van der Waals surface area contributed by atoms with Crippen molar-refractivity contribution < 1.29 is 22.7 Å². The molecule has 2 N–H and O–H groups in total. The summed E-state index contributed by atoms with van der Waals surface area (Å²) in [7, 11) is 0. The van der Waals surface area contributed by atoms with Crippen LogP contribution in [0, 0.1) is 11.6 Å². The lowest BCUT2D eigenvalue weighted by Crippen LogP contribution is -2.37. The summed E-state index contributed by atoms with van der Waals surface area (Å²) in [6.45, 7) is 0. The van der Waals surface area contributed by atoms with E-state index < -0.39 is 23.4 Å². The van der Waals surface area contributed by atoms with E-state index in [9.17, 15) is 18.0 Å². The molecule has 172 valence electrons. The monoisotopic (exact) mass is 473 g/mol. The average Bonchev–Trinajstić information content (AvgIpc) is 3.32. The van der Waals surface area contributed by atoms with Gasteiger partial charge in [-0.25, -0.2) is 23.1 Å². The van der Waals surface area contributed by atoms with Gasteiger partial charge in [0.1, 0.15) is 23.0 Å². The van der Waals surface area contributed by atoms with Crippen LogP contribution in [0.15, 0.2) is 96.2 Å². The largest absolute Gasteiger partial charge is 0.451 e. The molecular weight excluding hydrogens is 459 g/mol. The lowest BCUT2D eigenvalue weighted by molar-refractivity contribution is 0.102. The molecule has 0 aliphatic carbocycles. The smallest absolute Gasteiger partial charge is 0.259 e. The number of amides is 1. The van der Waals surface area contributed by atoms with E-state index in [1.54, 1.807) is 41.6 Å². The molecule has 0 radical (unpaired) electrons. The number of nitrogens with zero attached hydrogens (tertiary/aromatic N) is 3. The van der Waals surface area contributed by atoms with Crippen molar-refractivity contribution in [2.24, 2.45) is 0 Å². The van der Waals surface area contributed by atoms with Gasteiger partial charge in [0.05, 0.1) is 28.0 Å². The number of carbonyl (C=O) groups is 1. The Kier molecular flexibility index (Phi) is 4.66. The first-order chi connectivity index (χ1) is 17.0. The maximum atomic E-state index is 14.9. The van der Waals surface area contributed by atoms with E-state index in [1.165, 1.54) is 18.3 Å². The number of ether oxygens (including phenoxy) is 1. The van der Waals surface area contributed by atoms with Crippen molar-refractivity contribution in [3.8, 4) is 5.75 Å². The highest BCUT2D eigenvalue weighted by Crippen LogP contribution is 2.44. The summed E-state index contributed by atoms with van der Waals surface area (Å²) >= 11 is 0. The molecule has 2 aliphatic rings. The number of anilines is 2. The van der Waals surface area contributed by atoms with Crippen LogP contribution in [0.3, 0.4) is 0 Å². The predicted molar refractivity (Wildman–Crippen MR) is 122 cm³/mol. The molecule has 2 aliphatic heterocycles. The van der Waals surface area contributed by atoms with Crippen LogP contribution < -0.4 is 15.0 Å². The molecule has 0 spiro atoms. The van der Waals surface area contributed by atoms with Gasteiger partial charge in [-0.2, -0.15) is 0 Å². The Bertz CT molecular complexity index is 1620. The van der Waals surface area contributed by atoms with Crippen LogP contribution in [-0.4, -0.2) is 20.9 Å². The summed E-state index contributed by atoms with van der Waals surface area (Å²) < 4.78 is 48.1. The normalized spacial score (nSPS) is 14.4. The number of nitrogens with one attached hydrogen (secondary N) is 2.